The van der Waals surface area contributed by atoms with E-state index in [2.05, 4.69) is 0 Å². The fourth-order valence-electron chi connectivity index (χ4n) is 1.93. The van der Waals surface area contributed by atoms with Crippen molar-refractivity contribution in [3.63, 3.8) is 0 Å². The van der Waals surface area contributed by atoms with E-state index >= 15 is 0 Å². The molecule has 19 heavy (non-hydrogen) atoms. The van der Waals surface area contributed by atoms with Crippen molar-refractivity contribution in [1.29, 1.82) is 0 Å². The first-order valence-electron chi connectivity index (χ1n) is 5.97. The molecule has 1 rings (SSSR count). The van der Waals surface area contributed by atoms with Gasteiger partial charge in [-0.3, -0.25) is 9.59 Å². The number of carbonyl (C=O) groups excluding carboxylic acids is 1. The highest BCUT2D eigenvalue weighted by molar-refractivity contribution is 5.82. The first-order chi connectivity index (χ1) is 8.81. The molecule has 0 fully saturated rings. The lowest BCUT2D eigenvalue weighted by molar-refractivity contribution is -0.144. The number of carbonyl (C=O) groups is 2. The Hall–Kier alpha value is -2.04. The average Bonchev–Trinajstić information content (AvgIpc) is 2.26. The SMILES string of the molecule is Cc1cc(C)c(OCC(=O)N(C)CC(=O)O)c(C)c1. The minimum atomic E-state index is -1.04. The van der Waals surface area contributed by atoms with Crippen molar-refractivity contribution in [3.8, 4) is 5.75 Å². The number of aryl methyl sites for hydroxylation is 3. The van der Waals surface area contributed by atoms with E-state index in [1.54, 1.807) is 0 Å². The zero-order valence-corrected chi connectivity index (χ0v) is 11.7. The molecule has 5 heteroatoms. The van der Waals surface area contributed by atoms with Crippen LogP contribution in [0.2, 0.25) is 0 Å². The third kappa shape index (κ3) is 4.28. The molecule has 0 aliphatic carbocycles. The molecule has 1 N–H and O–H groups in total. The molecule has 1 aromatic rings. The van der Waals surface area contributed by atoms with Gasteiger partial charge in [0.15, 0.2) is 6.61 Å². The van der Waals surface area contributed by atoms with Crippen LogP contribution in [0.1, 0.15) is 16.7 Å². The molecule has 0 spiro atoms. The zero-order valence-electron chi connectivity index (χ0n) is 11.7. The minimum absolute atomic E-state index is 0.158. The Bertz CT molecular complexity index is 473. The van der Waals surface area contributed by atoms with Gasteiger partial charge in [0.05, 0.1) is 0 Å². The van der Waals surface area contributed by atoms with E-state index in [1.807, 2.05) is 32.9 Å². The maximum atomic E-state index is 11.7. The largest absolute Gasteiger partial charge is 0.483 e. The third-order valence-corrected chi connectivity index (χ3v) is 2.74. The van der Waals surface area contributed by atoms with Crippen LogP contribution in [0.3, 0.4) is 0 Å². The van der Waals surface area contributed by atoms with Crippen LogP contribution in [0.15, 0.2) is 12.1 Å². The van der Waals surface area contributed by atoms with E-state index in [0.717, 1.165) is 21.6 Å². The summed E-state index contributed by atoms with van der Waals surface area (Å²) in [5, 5.41) is 8.60. The Balaban J connectivity index is 2.67. The van der Waals surface area contributed by atoms with Crippen molar-refractivity contribution in [2.75, 3.05) is 20.2 Å². The van der Waals surface area contributed by atoms with E-state index < -0.39 is 5.97 Å². The van der Waals surface area contributed by atoms with Gasteiger partial charge in [0.25, 0.3) is 5.91 Å². The van der Waals surface area contributed by atoms with E-state index in [0.29, 0.717) is 5.75 Å². The number of benzene rings is 1. The number of aliphatic carboxylic acids is 1. The molecule has 0 saturated carbocycles. The molecule has 1 aromatic carbocycles. The van der Waals surface area contributed by atoms with Gasteiger partial charge in [0.1, 0.15) is 12.3 Å². The van der Waals surface area contributed by atoms with Gasteiger partial charge in [-0.05, 0) is 31.9 Å². The van der Waals surface area contributed by atoms with Crippen molar-refractivity contribution >= 4 is 11.9 Å². The molecule has 0 atom stereocenters. The molecule has 0 bridgehead atoms. The maximum absolute atomic E-state index is 11.7. The highest BCUT2D eigenvalue weighted by Gasteiger charge is 2.14. The van der Waals surface area contributed by atoms with Crippen molar-refractivity contribution in [2.24, 2.45) is 0 Å². The summed E-state index contributed by atoms with van der Waals surface area (Å²) in [7, 11) is 1.44. The lowest BCUT2D eigenvalue weighted by Gasteiger charge is -2.17. The van der Waals surface area contributed by atoms with Crippen molar-refractivity contribution in [1.82, 2.24) is 4.90 Å². The summed E-state index contributed by atoms with van der Waals surface area (Å²) in [5.41, 5.74) is 3.06. The van der Waals surface area contributed by atoms with Gasteiger partial charge in [0.2, 0.25) is 0 Å². The molecule has 0 radical (unpaired) electrons. The first-order valence-corrected chi connectivity index (χ1v) is 5.97. The number of ether oxygens (including phenoxy) is 1. The molecular formula is C14H19NO4. The molecular weight excluding hydrogens is 246 g/mol. The van der Waals surface area contributed by atoms with Crippen LogP contribution in [-0.2, 0) is 9.59 Å². The van der Waals surface area contributed by atoms with Crippen LogP contribution in [0, 0.1) is 20.8 Å². The maximum Gasteiger partial charge on any atom is 0.323 e. The lowest BCUT2D eigenvalue weighted by atomic mass is 10.1. The normalized spacial score (nSPS) is 10.1. The van der Waals surface area contributed by atoms with Crippen LogP contribution >= 0.6 is 0 Å². The van der Waals surface area contributed by atoms with Gasteiger partial charge in [-0.1, -0.05) is 17.7 Å². The second kappa shape index (κ2) is 6.22. The highest BCUT2D eigenvalue weighted by Crippen LogP contribution is 2.24. The Morgan fingerprint density at radius 1 is 1.21 bits per heavy atom. The predicted molar refractivity (Wildman–Crippen MR) is 71.4 cm³/mol. The number of rotatable bonds is 5. The fraction of sp³-hybridized carbons (Fsp3) is 0.429. The van der Waals surface area contributed by atoms with Crippen LogP contribution in [0.25, 0.3) is 0 Å². The number of carboxylic acid groups (broad SMARTS) is 1. The van der Waals surface area contributed by atoms with Gasteiger partial charge in [-0.15, -0.1) is 0 Å². The number of nitrogens with zero attached hydrogens (tertiary/aromatic N) is 1. The lowest BCUT2D eigenvalue weighted by Crippen LogP contribution is -2.35. The average molecular weight is 265 g/mol. The molecule has 0 aromatic heterocycles. The number of carboxylic acids is 1. The number of amides is 1. The van der Waals surface area contributed by atoms with Crippen LogP contribution < -0.4 is 4.74 Å². The zero-order chi connectivity index (χ0) is 14.6. The van der Waals surface area contributed by atoms with Gasteiger partial charge in [0, 0.05) is 7.05 Å². The summed E-state index contributed by atoms with van der Waals surface area (Å²) in [4.78, 5) is 23.3. The Kier molecular flexibility index (Phi) is 4.92. The summed E-state index contributed by atoms with van der Waals surface area (Å²) >= 11 is 0. The topological polar surface area (TPSA) is 66.8 Å². The summed E-state index contributed by atoms with van der Waals surface area (Å²) in [6.45, 7) is 5.35. The second-order valence-corrected chi connectivity index (χ2v) is 4.66. The van der Waals surface area contributed by atoms with Gasteiger partial charge >= 0.3 is 5.97 Å². The minimum Gasteiger partial charge on any atom is -0.483 e. The molecule has 0 heterocycles. The molecule has 5 nitrogen and oxygen atoms in total. The van der Waals surface area contributed by atoms with Crippen LogP contribution in [0.4, 0.5) is 0 Å². The molecule has 0 unspecified atom stereocenters. The fourth-order valence-corrected chi connectivity index (χ4v) is 1.93. The van der Waals surface area contributed by atoms with E-state index in [1.165, 1.54) is 7.05 Å². The number of likely N-dealkylation sites (N-methyl/N-ethyl adjacent to an activating group) is 1. The Labute approximate surface area is 112 Å². The van der Waals surface area contributed by atoms with Gasteiger partial charge in [-0.2, -0.15) is 0 Å². The first kappa shape index (κ1) is 15.0. The summed E-state index contributed by atoms with van der Waals surface area (Å²) in [5.74, 6) is -0.719. The highest BCUT2D eigenvalue weighted by atomic mass is 16.5. The summed E-state index contributed by atoms with van der Waals surface area (Å²) < 4.78 is 5.50. The van der Waals surface area contributed by atoms with E-state index in [-0.39, 0.29) is 19.1 Å². The summed E-state index contributed by atoms with van der Waals surface area (Å²) in [6, 6.07) is 3.96. The Morgan fingerprint density at radius 3 is 2.21 bits per heavy atom. The molecule has 0 saturated heterocycles. The van der Waals surface area contributed by atoms with E-state index in [4.69, 9.17) is 9.84 Å². The standard InChI is InChI=1S/C14H19NO4/c1-9-5-10(2)14(11(3)6-9)19-8-12(16)15(4)7-13(17)18/h5-6H,7-8H2,1-4H3,(H,17,18). The summed E-state index contributed by atoms with van der Waals surface area (Å²) in [6.07, 6.45) is 0. The number of hydrogen-bond donors (Lipinski definition) is 1. The van der Waals surface area contributed by atoms with E-state index in [9.17, 15) is 9.59 Å². The van der Waals surface area contributed by atoms with Crippen molar-refractivity contribution in [3.05, 3.63) is 28.8 Å². The number of hydrogen-bond acceptors (Lipinski definition) is 3. The van der Waals surface area contributed by atoms with Crippen LogP contribution in [0.5, 0.6) is 5.75 Å². The second-order valence-electron chi connectivity index (χ2n) is 4.66. The van der Waals surface area contributed by atoms with Gasteiger partial charge < -0.3 is 14.7 Å². The van der Waals surface area contributed by atoms with Crippen molar-refractivity contribution in [2.45, 2.75) is 20.8 Å². The molecule has 104 valence electrons. The third-order valence-electron chi connectivity index (χ3n) is 2.74. The quantitative estimate of drug-likeness (QED) is 0.876. The molecule has 0 aliphatic heterocycles. The van der Waals surface area contributed by atoms with Gasteiger partial charge in [-0.25, -0.2) is 0 Å². The Morgan fingerprint density at radius 2 is 1.74 bits per heavy atom. The van der Waals surface area contributed by atoms with Crippen molar-refractivity contribution < 1.29 is 19.4 Å². The van der Waals surface area contributed by atoms with Crippen LogP contribution in [-0.4, -0.2) is 42.1 Å². The predicted octanol–water partition coefficient (Wildman–Crippen LogP) is 1.53. The smallest absolute Gasteiger partial charge is 0.323 e. The monoisotopic (exact) mass is 265 g/mol. The molecule has 1 amide bonds. The molecule has 0 aliphatic rings.